The molecule has 2 atom stereocenters. The zero-order valence-corrected chi connectivity index (χ0v) is 15.0. The zero-order valence-electron chi connectivity index (χ0n) is 15.0. The van der Waals surface area contributed by atoms with Crippen LogP contribution in [-0.4, -0.2) is 60.8 Å². The third-order valence-electron chi connectivity index (χ3n) is 4.36. The summed E-state index contributed by atoms with van der Waals surface area (Å²) in [7, 11) is 4.03. The van der Waals surface area contributed by atoms with Gasteiger partial charge in [0, 0.05) is 19.2 Å². The fourth-order valence-electron chi connectivity index (χ4n) is 3.32. The van der Waals surface area contributed by atoms with Crippen molar-refractivity contribution in [3.8, 4) is 0 Å². The Labute approximate surface area is 148 Å². The van der Waals surface area contributed by atoms with Gasteiger partial charge < -0.3 is 19.1 Å². The largest absolute Gasteiger partial charge is 0.373 e. The van der Waals surface area contributed by atoms with Crippen LogP contribution >= 0.6 is 0 Å². The number of amides is 1. The molecule has 1 fully saturated rings. The molecule has 134 valence electrons. The normalized spacial score (nSPS) is 20.9. The maximum Gasteiger partial charge on any atom is 0.230 e. The molecule has 0 bridgehead atoms. The van der Waals surface area contributed by atoms with Crippen LogP contribution in [0.2, 0.25) is 0 Å². The van der Waals surface area contributed by atoms with Gasteiger partial charge in [0.1, 0.15) is 5.76 Å². The Kier molecular flexibility index (Phi) is 5.50. The first kappa shape index (κ1) is 17.6. The van der Waals surface area contributed by atoms with Crippen LogP contribution in [0.15, 0.2) is 40.9 Å². The molecule has 1 aromatic carbocycles. The topological polar surface area (TPSA) is 58.8 Å². The number of rotatable bonds is 5. The van der Waals surface area contributed by atoms with Crippen LogP contribution in [0, 0.1) is 6.92 Å². The zero-order chi connectivity index (χ0) is 17.8. The molecule has 6 nitrogen and oxygen atoms in total. The lowest BCUT2D eigenvalue weighted by Crippen LogP contribution is -2.51. The van der Waals surface area contributed by atoms with Crippen molar-refractivity contribution in [3.05, 3.63) is 53.4 Å². The van der Waals surface area contributed by atoms with Crippen molar-refractivity contribution >= 4 is 5.91 Å². The maximum absolute atomic E-state index is 13.0. The molecule has 0 saturated carbocycles. The van der Waals surface area contributed by atoms with Crippen LogP contribution in [-0.2, 0) is 16.0 Å². The number of morpholine rings is 1. The third-order valence-corrected chi connectivity index (χ3v) is 4.36. The minimum Gasteiger partial charge on any atom is -0.373 e. The molecule has 1 aliphatic heterocycles. The second kappa shape index (κ2) is 7.80. The maximum atomic E-state index is 13.0. The van der Waals surface area contributed by atoms with E-state index in [1.807, 2.05) is 50.2 Å². The van der Waals surface area contributed by atoms with Gasteiger partial charge in [-0.3, -0.25) is 4.79 Å². The van der Waals surface area contributed by atoms with Crippen molar-refractivity contribution in [1.82, 2.24) is 15.0 Å². The van der Waals surface area contributed by atoms with Crippen LogP contribution in [0.1, 0.15) is 23.1 Å². The summed E-state index contributed by atoms with van der Waals surface area (Å²) in [4.78, 5) is 17.0. The van der Waals surface area contributed by atoms with E-state index in [0.29, 0.717) is 18.9 Å². The molecule has 1 aliphatic rings. The van der Waals surface area contributed by atoms with Gasteiger partial charge in [0.05, 0.1) is 30.9 Å². The third kappa shape index (κ3) is 4.27. The summed E-state index contributed by atoms with van der Waals surface area (Å²) >= 11 is 0. The fraction of sp³-hybridized carbons (Fsp3) is 0.474. The number of nitrogens with zero attached hydrogens (tertiary/aromatic N) is 3. The molecule has 2 aromatic rings. The molecule has 3 rings (SSSR count). The lowest BCUT2D eigenvalue weighted by atomic mass is 9.97. The van der Waals surface area contributed by atoms with E-state index in [-0.39, 0.29) is 24.5 Å². The molecule has 1 saturated heterocycles. The van der Waals surface area contributed by atoms with Gasteiger partial charge in [-0.2, -0.15) is 0 Å². The van der Waals surface area contributed by atoms with Crippen molar-refractivity contribution in [2.24, 2.45) is 0 Å². The van der Waals surface area contributed by atoms with Gasteiger partial charge in [0.2, 0.25) is 5.91 Å². The van der Waals surface area contributed by atoms with Crippen LogP contribution in [0.4, 0.5) is 0 Å². The van der Waals surface area contributed by atoms with Crippen molar-refractivity contribution in [1.29, 1.82) is 0 Å². The van der Waals surface area contributed by atoms with E-state index >= 15 is 0 Å². The van der Waals surface area contributed by atoms with Crippen molar-refractivity contribution in [3.63, 3.8) is 0 Å². The van der Waals surface area contributed by atoms with Gasteiger partial charge in [0.25, 0.3) is 0 Å². The summed E-state index contributed by atoms with van der Waals surface area (Å²) in [5.41, 5.74) is 1.88. The van der Waals surface area contributed by atoms with E-state index < -0.39 is 0 Å². The summed E-state index contributed by atoms with van der Waals surface area (Å²) in [6, 6.07) is 11.8. The van der Waals surface area contributed by atoms with Crippen molar-refractivity contribution < 1.29 is 14.1 Å². The number of aryl methyl sites for hydroxylation is 1. The quantitative estimate of drug-likeness (QED) is 0.832. The number of hydrogen-bond acceptors (Lipinski definition) is 5. The van der Waals surface area contributed by atoms with E-state index in [9.17, 15) is 4.79 Å². The van der Waals surface area contributed by atoms with Gasteiger partial charge in [-0.1, -0.05) is 35.5 Å². The van der Waals surface area contributed by atoms with E-state index in [2.05, 4.69) is 22.2 Å². The molecule has 0 aliphatic carbocycles. The van der Waals surface area contributed by atoms with E-state index in [1.54, 1.807) is 0 Å². The molecular weight excluding hydrogens is 318 g/mol. The Morgan fingerprint density at radius 2 is 2.08 bits per heavy atom. The van der Waals surface area contributed by atoms with Crippen molar-refractivity contribution in [2.45, 2.75) is 25.5 Å². The monoisotopic (exact) mass is 343 g/mol. The van der Waals surface area contributed by atoms with E-state index in [0.717, 1.165) is 17.8 Å². The van der Waals surface area contributed by atoms with Gasteiger partial charge >= 0.3 is 0 Å². The molecular formula is C19H25N3O3. The predicted octanol–water partition coefficient (Wildman–Crippen LogP) is 2.06. The number of likely N-dealkylation sites (N-methyl/N-ethyl adjacent to an activating group) is 1. The molecule has 0 radical (unpaired) electrons. The highest BCUT2D eigenvalue weighted by Crippen LogP contribution is 2.30. The first-order chi connectivity index (χ1) is 12.0. The lowest BCUT2D eigenvalue weighted by molar-refractivity contribution is -0.147. The first-order valence-corrected chi connectivity index (χ1v) is 8.57. The van der Waals surface area contributed by atoms with Crippen LogP contribution in [0.25, 0.3) is 0 Å². The highest BCUT2D eigenvalue weighted by atomic mass is 16.5. The number of carbonyl (C=O) groups is 1. The van der Waals surface area contributed by atoms with Crippen LogP contribution in [0.5, 0.6) is 0 Å². The summed E-state index contributed by atoms with van der Waals surface area (Å²) < 4.78 is 11.2. The molecule has 1 aromatic heterocycles. The SMILES string of the molecule is Cc1cc(CC(=O)N2CCO[C@@H](CN(C)C)[C@@H]2c2ccccc2)on1. The molecule has 6 heteroatoms. The second-order valence-electron chi connectivity index (χ2n) is 6.73. The number of ether oxygens (including phenoxy) is 1. The fourth-order valence-corrected chi connectivity index (χ4v) is 3.32. The Hall–Kier alpha value is -2.18. The average Bonchev–Trinajstić information content (AvgIpc) is 2.99. The average molecular weight is 343 g/mol. The lowest BCUT2D eigenvalue weighted by Gasteiger charge is -2.42. The molecule has 25 heavy (non-hydrogen) atoms. The summed E-state index contributed by atoms with van der Waals surface area (Å²) in [5, 5.41) is 3.87. The number of benzene rings is 1. The van der Waals surface area contributed by atoms with E-state index in [4.69, 9.17) is 9.26 Å². The Morgan fingerprint density at radius 3 is 2.72 bits per heavy atom. The van der Waals surface area contributed by atoms with Gasteiger partial charge in [-0.05, 0) is 26.6 Å². The number of carbonyl (C=O) groups excluding carboxylic acids is 1. The van der Waals surface area contributed by atoms with Gasteiger partial charge in [-0.25, -0.2) is 0 Å². The number of aromatic nitrogens is 1. The van der Waals surface area contributed by atoms with Gasteiger partial charge in [-0.15, -0.1) is 0 Å². The standard InChI is InChI=1S/C19H25N3O3/c1-14-11-16(25-20-14)12-18(23)22-9-10-24-17(13-21(2)3)19(22)15-7-5-4-6-8-15/h4-8,11,17,19H,9-10,12-13H2,1-3H3/t17-,19-/m0/s1. The predicted molar refractivity (Wildman–Crippen MR) is 94.1 cm³/mol. The Balaban J connectivity index is 1.84. The van der Waals surface area contributed by atoms with Gasteiger partial charge in [0.15, 0.2) is 0 Å². The minimum absolute atomic E-state index is 0.0389. The van der Waals surface area contributed by atoms with Crippen LogP contribution in [0.3, 0.4) is 0 Å². The highest BCUT2D eigenvalue weighted by molar-refractivity contribution is 5.79. The molecule has 0 unspecified atom stereocenters. The minimum atomic E-state index is -0.103. The number of hydrogen-bond donors (Lipinski definition) is 0. The molecule has 2 heterocycles. The molecule has 0 spiro atoms. The summed E-state index contributed by atoms with van der Waals surface area (Å²) in [6.45, 7) is 3.73. The summed E-state index contributed by atoms with van der Waals surface area (Å²) in [5.74, 6) is 0.641. The molecule has 1 amide bonds. The first-order valence-electron chi connectivity index (χ1n) is 8.57. The molecule has 0 N–H and O–H groups in total. The van der Waals surface area contributed by atoms with Crippen molar-refractivity contribution in [2.75, 3.05) is 33.8 Å². The summed E-state index contributed by atoms with van der Waals surface area (Å²) in [6.07, 6.45) is 0.158. The highest BCUT2D eigenvalue weighted by Gasteiger charge is 2.36. The van der Waals surface area contributed by atoms with E-state index in [1.165, 1.54) is 0 Å². The smallest absolute Gasteiger partial charge is 0.230 e. The Bertz CT molecular complexity index is 699. The second-order valence-corrected chi connectivity index (χ2v) is 6.73. The van der Waals surface area contributed by atoms with Crippen LogP contribution < -0.4 is 0 Å². The Morgan fingerprint density at radius 1 is 1.32 bits per heavy atom.